The van der Waals surface area contributed by atoms with Gasteiger partial charge in [-0.3, -0.25) is 4.79 Å². The summed E-state index contributed by atoms with van der Waals surface area (Å²) in [7, 11) is 0. The van der Waals surface area contributed by atoms with Gasteiger partial charge in [0.2, 0.25) is 5.43 Å². The first kappa shape index (κ1) is 11.8. The average Bonchev–Trinajstić information content (AvgIpc) is 2.92. The molecule has 0 bridgehead atoms. The second-order valence-corrected chi connectivity index (χ2v) is 4.62. The molecule has 0 unspecified atom stereocenters. The van der Waals surface area contributed by atoms with Crippen molar-refractivity contribution in [2.24, 2.45) is 0 Å². The molecule has 0 aliphatic carbocycles. The van der Waals surface area contributed by atoms with Gasteiger partial charge in [-0.15, -0.1) is 0 Å². The summed E-state index contributed by atoms with van der Waals surface area (Å²) in [6.45, 7) is 0. The number of H-pyrrole nitrogens is 1. The highest BCUT2D eigenvalue weighted by Crippen LogP contribution is 2.18. The van der Waals surface area contributed by atoms with Crippen molar-refractivity contribution in [3.8, 4) is 5.82 Å². The number of hydrogen-bond acceptors (Lipinski definition) is 3. The number of rotatable bonds is 1. The molecule has 0 saturated heterocycles. The van der Waals surface area contributed by atoms with Crippen molar-refractivity contribution in [1.29, 1.82) is 0 Å². The van der Waals surface area contributed by atoms with Crippen molar-refractivity contribution >= 4 is 21.9 Å². The molecule has 0 saturated carbocycles. The fraction of sp³-hybridized carbons (Fsp3) is 0. The third-order valence-electron chi connectivity index (χ3n) is 3.37. The summed E-state index contributed by atoms with van der Waals surface area (Å²) in [5, 5.41) is 4.56. The summed E-state index contributed by atoms with van der Waals surface area (Å²) in [4.78, 5) is 19.7. The van der Waals surface area contributed by atoms with Crippen molar-refractivity contribution < 1.29 is 4.39 Å². The van der Waals surface area contributed by atoms with Crippen LogP contribution < -0.4 is 5.43 Å². The van der Waals surface area contributed by atoms with Gasteiger partial charge in [0.15, 0.2) is 5.82 Å². The van der Waals surface area contributed by atoms with E-state index in [-0.39, 0.29) is 10.8 Å². The fourth-order valence-electron chi connectivity index (χ4n) is 2.41. The van der Waals surface area contributed by atoms with E-state index in [4.69, 9.17) is 0 Å². The van der Waals surface area contributed by atoms with E-state index in [0.29, 0.717) is 22.4 Å². The average molecular weight is 280 g/mol. The summed E-state index contributed by atoms with van der Waals surface area (Å²) in [6, 6.07) is 9.89. The lowest BCUT2D eigenvalue weighted by Crippen LogP contribution is -2.07. The van der Waals surface area contributed by atoms with Gasteiger partial charge in [-0.1, -0.05) is 12.1 Å². The zero-order chi connectivity index (χ0) is 14.4. The monoisotopic (exact) mass is 280 g/mol. The molecule has 4 aromatic rings. The Morgan fingerprint density at radius 1 is 1.14 bits per heavy atom. The Morgan fingerprint density at radius 3 is 2.86 bits per heavy atom. The Bertz CT molecular complexity index is 1020. The van der Waals surface area contributed by atoms with Gasteiger partial charge in [0.25, 0.3) is 0 Å². The standard InChI is InChI=1S/C15H9FN4O/c16-10-4-3-5-11-13(10)14(21)9-8-18-20(15(9)19-11)12-6-1-2-7-17-12/h1-8H,(H,19,21). The highest BCUT2D eigenvalue weighted by atomic mass is 19.1. The molecule has 0 atom stereocenters. The van der Waals surface area contributed by atoms with Crippen LogP contribution in [0.2, 0.25) is 0 Å². The molecule has 4 rings (SSSR count). The number of nitrogens with one attached hydrogen (secondary N) is 1. The van der Waals surface area contributed by atoms with E-state index in [1.807, 2.05) is 6.07 Å². The van der Waals surface area contributed by atoms with Crippen LogP contribution in [-0.4, -0.2) is 19.7 Å². The number of aromatic amines is 1. The third kappa shape index (κ3) is 1.66. The molecule has 1 N–H and O–H groups in total. The van der Waals surface area contributed by atoms with Gasteiger partial charge in [0, 0.05) is 6.20 Å². The van der Waals surface area contributed by atoms with Crippen LogP contribution in [0.25, 0.3) is 27.8 Å². The summed E-state index contributed by atoms with van der Waals surface area (Å²) < 4.78 is 15.4. The normalized spacial score (nSPS) is 11.3. The number of aromatic nitrogens is 4. The van der Waals surface area contributed by atoms with Crippen LogP contribution in [-0.2, 0) is 0 Å². The zero-order valence-electron chi connectivity index (χ0n) is 10.7. The van der Waals surface area contributed by atoms with Crippen LogP contribution in [0, 0.1) is 5.82 Å². The van der Waals surface area contributed by atoms with E-state index in [0.717, 1.165) is 0 Å². The van der Waals surface area contributed by atoms with Gasteiger partial charge in [-0.2, -0.15) is 9.78 Å². The van der Waals surface area contributed by atoms with E-state index in [2.05, 4.69) is 15.1 Å². The molecule has 0 fully saturated rings. The Labute approximate surface area is 117 Å². The van der Waals surface area contributed by atoms with E-state index in [1.54, 1.807) is 30.5 Å². The molecule has 0 radical (unpaired) electrons. The quantitative estimate of drug-likeness (QED) is 0.582. The van der Waals surface area contributed by atoms with Gasteiger partial charge in [-0.25, -0.2) is 9.37 Å². The molecule has 3 aromatic heterocycles. The summed E-state index contributed by atoms with van der Waals surface area (Å²) in [5.74, 6) is 0.0418. The minimum atomic E-state index is -0.541. The van der Waals surface area contributed by atoms with Gasteiger partial charge in [-0.05, 0) is 24.3 Å². The lowest BCUT2D eigenvalue weighted by molar-refractivity contribution is 0.639. The molecule has 0 aliphatic heterocycles. The van der Waals surface area contributed by atoms with Crippen molar-refractivity contribution in [1.82, 2.24) is 19.7 Å². The largest absolute Gasteiger partial charge is 0.339 e. The maximum absolute atomic E-state index is 13.8. The Hall–Kier alpha value is -3.02. The number of pyridine rings is 2. The number of nitrogens with zero attached hydrogens (tertiary/aromatic N) is 3. The number of halogens is 1. The molecule has 0 amide bonds. The second-order valence-electron chi connectivity index (χ2n) is 4.62. The number of benzene rings is 1. The van der Waals surface area contributed by atoms with Crippen LogP contribution >= 0.6 is 0 Å². The molecule has 102 valence electrons. The van der Waals surface area contributed by atoms with Crippen molar-refractivity contribution in [3.05, 3.63) is 64.8 Å². The van der Waals surface area contributed by atoms with E-state index in [1.165, 1.54) is 16.9 Å². The van der Waals surface area contributed by atoms with Gasteiger partial charge in [0.05, 0.1) is 22.5 Å². The van der Waals surface area contributed by atoms with Crippen LogP contribution in [0.1, 0.15) is 0 Å². The molecular weight excluding hydrogens is 271 g/mol. The molecule has 5 nitrogen and oxygen atoms in total. The van der Waals surface area contributed by atoms with E-state index >= 15 is 0 Å². The van der Waals surface area contributed by atoms with Gasteiger partial charge < -0.3 is 4.98 Å². The smallest absolute Gasteiger partial charge is 0.203 e. The lowest BCUT2D eigenvalue weighted by Gasteiger charge is -2.04. The van der Waals surface area contributed by atoms with Crippen LogP contribution in [0.3, 0.4) is 0 Å². The molecule has 0 spiro atoms. The van der Waals surface area contributed by atoms with E-state index in [9.17, 15) is 9.18 Å². The maximum atomic E-state index is 13.8. The van der Waals surface area contributed by atoms with Crippen molar-refractivity contribution in [2.75, 3.05) is 0 Å². The van der Waals surface area contributed by atoms with Gasteiger partial charge in [0.1, 0.15) is 11.5 Å². The summed E-state index contributed by atoms with van der Waals surface area (Å²) in [6.07, 6.45) is 3.07. The van der Waals surface area contributed by atoms with Gasteiger partial charge >= 0.3 is 0 Å². The Balaban J connectivity index is 2.15. The first-order valence-electron chi connectivity index (χ1n) is 6.35. The van der Waals surface area contributed by atoms with Crippen molar-refractivity contribution in [3.63, 3.8) is 0 Å². The molecule has 0 aliphatic rings. The minimum Gasteiger partial charge on any atom is -0.339 e. The first-order chi connectivity index (χ1) is 10.3. The Morgan fingerprint density at radius 2 is 2.05 bits per heavy atom. The topological polar surface area (TPSA) is 63.6 Å². The molecule has 21 heavy (non-hydrogen) atoms. The Kier molecular flexibility index (Phi) is 2.38. The van der Waals surface area contributed by atoms with Crippen LogP contribution in [0.15, 0.2) is 53.6 Å². The molecular formula is C15H9FN4O. The lowest BCUT2D eigenvalue weighted by atomic mass is 10.1. The zero-order valence-corrected chi connectivity index (χ0v) is 10.7. The SMILES string of the molecule is O=c1c2cnn(-c3ccccn3)c2[nH]c2cccc(F)c12. The van der Waals surface area contributed by atoms with Crippen molar-refractivity contribution in [2.45, 2.75) is 0 Å². The summed E-state index contributed by atoms with van der Waals surface area (Å²) >= 11 is 0. The first-order valence-corrected chi connectivity index (χ1v) is 6.35. The number of hydrogen-bond donors (Lipinski definition) is 1. The minimum absolute atomic E-state index is 0.0468. The summed E-state index contributed by atoms with van der Waals surface area (Å²) in [5.41, 5.74) is 0.556. The van der Waals surface area contributed by atoms with E-state index < -0.39 is 5.82 Å². The fourth-order valence-corrected chi connectivity index (χ4v) is 2.41. The predicted molar refractivity (Wildman–Crippen MR) is 76.9 cm³/mol. The molecule has 6 heteroatoms. The van der Waals surface area contributed by atoms with Crippen LogP contribution in [0.5, 0.6) is 0 Å². The highest BCUT2D eigenvalue weighted by molar-refractivity contribution is 5.91. The maximum Gasteiger partial charge on any atom is 0.203 e. The molecule has 1 aromatic carbocycles. The predicted octanol–water partition coefficient (Wildman–Crippen LogP) is 2.40. The number of fused-ring (bicyclic) bond motifs is 2. The highest BCUT2D eigenvalue weighted by Gasteiger charge is 2.14. The second kappa shape index (κ2) is 4.24. The van der Waals surface area contributed by atoms with Crippen LogP contribution in [0.4, 0.5) is 4.39 Å². The molecule has 3 heterocycles. The third-order valence-corrected chi connectivity index (χ3v) is 3.37.